The molecule has 0 aromatic carbocycles. The fraction of sp³-hybridized carbons (Fsp3) is 0.444. The molecule has 0 spiro atoms. The van der Waals surface area contributed by atoms with E-state index >= 15 is 0 Å². The molecule has 0 fully saturated rings. The Kier molecular flexibility index (Phi) is 2.81. The first kappa shape index (κ1) is 10.0. The molecular formula is C9H11Cl2N3. The molecule has 2 rings (SSSR count). The minimum atomic E-state index is 0.0485. The van der Waals surface area contributed by atoms with Crippen LogP contribution in [0.25, 0.3) is 5.57 Å². The molecule has 1 atom stereocenters. The smallest absolute Gasteiger partial charge is 0.202 e. The highest BCUT2D eigenvalue weighted by molar-refractivity contribution is 6.28. The molecule has 1 N–H and O–H groups in total. The lowest BCUT2D eigenvalue weighted by Crippen LogP contribution is -2.29. The summed E-state index contributed by atoms with van der Waals surface area (Å²) in [6.45, 7) is 1.63. The second-order valence-electron chi connectivity index (χ2n) is 3.31. The Bertz CT molecular complexity index is 370. The third-order valence-electron chi connectivity index (χ3n) is 2.30. The Morgan fingerprint density at radius 1 is 1.64 bits per heavy atom. The summed E-state index contributed by atoms with van der Waals surface area (Å²) >= 11 is 11.9. The van der Waals surface area contributed by atoms with Gasteiger partial charge in [-0.1, -0.05) is 6.08 Å². The average Bonchev–Trinajstić information content (AvgIpc) is 2.48. The van der Waals surface area contributed by atoms with Crippen LogP contribution in [0.15, 0.2) is 12.3 Å². The topological polar surface area (TPSA) is 29.9 Å². The van der Waals surface area contributed by atoms with Gasteiger partial charge in [-0.05, 0) is 17.2 Å². The van der Waals surface area contributed by atoms with Crippen molar-refractivity contribution < 1.29 is 0 Å². The SMILES string of the molecule is Cn1c(C2=CC(Cl)CNC2)cnc1Cl. The number of halogens is 2. The van der Waals surface area contributed by atoms with Gasteiger partial charge in [-0.2, -0.15) is 0 Å². The van der Waals surface area contributed by atoms with Crippen molar-refractivity contribution in [1.82, 2.24) is 14.9 Å². The standard InChI is InChI=1S/C9H11Cl2N3/c1-14-8(5-13-9(14)11)6-2-7(10)4-12-3-6/h2,5,7,12H,3-4H2,1H3. The molecule has 1 aliphatic heterocycles. The number of nitrogens with one attached hydrogen (secondary N) is 1. The van der Waals surface area contributed by atoms with Crippen LogP contribution in [-0.2, 0) is 7.05 Å². The molecule has 0 aliphatic carbocycles. The Hall–Kier alpha value is -0.510. The highest BCUT2D eigenvalue weighted by Gasteiger charge is 2.15. The van der Waals surface area contributed by atoms with Crippen molar-refractivity contribution in [2.24, 2.45) is 7.05 Å². The van der Waals surface area contributed by atoms with Gasteiger partial charge < -0.3 is 9.88 Å². The second kappa shape index (κ2) is 3.93. The van der Waals surface area contributed by atoms with E-state index in [9.17, 15) is 0 Å². The number of nitrogens with zero attached hydrogens (tertiary/aromatic N) is 2. The number of alkyl halides is 1. The van der Waals surface area contributed by atoms with Gasteiger partial charge in [0.15, 0.2) is 0 Å². The monoisotopic (exact) mass is 231 g/mol. The lowest BCUT2D eigenvalue weighted by Gasteiger charge is -2.18. The van der Waals surface area contributed by atoms with Crippen molar-refractivity contribution in [1.29, 1.82) is 0 Å². The molecule has 1 unspecified atom stereocenters. The quantitative estimate of drug-likeness (QED) is 0.746. The van der Waals surface area contributed by atoms with E-state index in [4.69, 9.17) is 23.2 Å². The molecule has 0 saturated carbocycles. The molecule has 1 aromatic heterocycles. The highest BCUT2D eigenvalue weighted by Crippen LogP contribution is 2.20. The zero-order chi connectivity index (χ0) is 10.1. The van der Waals surface area contributed by atoms with Crippen LogP contribution in [0, 0.1) is 0 Å². The van der Waals surface area contributed by atoms with E-state index < -0.39 is 0 Å². The van der Waals surface area contributed by atoms with Gasteiger partial charge in [0.1, 0.15) is 0 Å². The number of hydrogen-bond donors (Lipinski definition) is 1. The molecule has 1 aliphatic rings. The van der Waals surface area contributed by atoms with E-state index in [0.717, 1.165) is 24.4 Å². The zero-order valence-electron chi connectivity index (χ0n) is 7.80. The van der Waals surface area contributed by atoms with E-state index in [1.54, 1.807) is 6.20 Å². The molecule has 2 heterocycles. The van der Waals surface area contributed by atoms with Crippen molar-refractivity contribution in [3.05, 3.63) is 23.3 Å². The van der Waals surface area contributed by atoms with Crippen LogP contribution in [0.3, 0.4) is 0 Å². The lowest BCUT2D eigenvalue weighted by molar-refractivity contribution is 0.736. The van der Waals surface area contributed by atoms with E-state index in [1.807, 2.05) is 17.7 Å². The van der Waals surface area contributed by atoms with Crippen LogP contribution in [-0.4, -0.2) is 28.0 Å². The molecule has 5 heteroatoms. The van der Waals surface area contributed by atoms with Gasteiger partial charge in [0.25, 0.3) is 0 Å². The van der Waals surface area contributed by atoms with Crippen LogP contribution in [0.5, 0.6) is 0 Å². The molecular weight excluding hydrogens is 221 g/mol. The zero-order valence-corrected chi connectivity index (χ0v) is 9.31. The maximum atomic E-state index is 6.02. The van der Waals surface area contributed by atoms with Crippen LogP contribution >= 0.6 is 23.2 Å². The first-order chi connectivity index (χ1) is 6.68. The fourth-order valence-corrected chi connectivity index (χ4v) is 1.94. The number of rotatable bonds is 1. The van der Waals surface area contributed by atoms with E-state index in [0.29, 0.717) is 5.28 Å². The molecule has 3 nitrogen and oxygen atoms in total. The van der Waals surface area contributed by atoms with E-state index in [2.05, 4.69) is 10.3 Å². The normalized spacial score (nSPS) is 22.2. The molecule has 0 bridgehead atoms. The molecule has 0 saturated heterocycles. The van der Waals surface area contributed by atoms with Crippen molar-refractivity contribution >= 4 is 28.8 Å². The fourth-order valence-electron chi connectivity index (χ4n) is 1.54. The third-order valence-corrected chi connectivity index (χ3v) is 2.93. The van der Waals surface area contributed by atoms with Crippen LogP contribution in [0.1, 0.15) is 5.69 Å². The van der Waals surface area contributed by atoms with Gasteiger partial charge in [-0.15, -0.1) is 11.6 Å². The molecule has 0 radical (unpaired) electrons. The summed E-state index contributed by atoms with van der Waals surface area (Å²) in [7, 11) is 1.89. The van der Waals surface area contributed by atoms with Gasteiger partial charge in [-0.25, -0.2) is 4.98 Å². The van der Waals surface area contributed by atoms with Crippen molar-refractivity contribution in [2.75, 3.05) is 13.1 Å². The molecule has 76 valence electrons. The van der Waals surface area contributed by atoms with E-state index in [-0.39, 0.29) is 5.38 Å². The van der Waals surface area contributed by atoms with Gasteiger partial charge in [-0.3, -0.25) is 0 Å². The summed E-state index contributed by atoms with van der Waals surface area (Å²) in [4.78, 5) is 4.03. The summed E-state index contributed by atoms with van der Waals surface area (Å²) < 4.78 is 1.85. The van der Waals surface area contributed by atoms with Crippen molar-refractivity contribution in [3.63, 3.8) is 0 Å². The summed E-state index contributed by atoms with van der Waals surface area (Å²) in [5.41, 5.74) is 2.17. The third kappa shape index (κ3) is 1.80. The Labute approximate surface area is 92.7 Å². The largest absolute Gasteiger partial charge is 0.318 e. The predicted octanol–water partition coefficient (Wildman–Crippen LogP) is 1.67. The maximum absolute atomic E-state index is 6.02. The molecule has 14 heavy (non-hydrogen) atoms. The summed E-state index contributed by atoms with van der Waals surface area (Å²) in [6.07, 6.45) is 3.82. The Balaban J connectivity index is 2.35. The minimum Gasteiger partial charge on any atom is -0.318 e. The molecule has 0 amide bonds. The Morgan fingerprint density at radius 3 is 3.00 bits per heavy atom. The van der Waals surface area contributed by atoms with Crippen LogP contribution < -0.4 is 5.32 Å². The lowest BCUT2D eigenvalue weighted by atomic mass is 10.1. The van der Waals surface area contributed by atoms with Crippen LogP contribution in [0.4, 0.5) is 0 Å². The number of hydrogen-bond acceptors (Lipinski definition) is 2. The van der Waals surface area contributed by atoms with Crippen LogP contribution in [0.2, 0.25) is 5.28 Å². The first-order valence-electron chi connectivity index (χ1n) is 4.41. The highest BCUT2D eigenvalue weighted by atomic mass is 35.5. The maximum Gasteiger partial charge on any atom is 0.202 e. The predicted molar refractivity (Wildman–Crippen MR) is 58.7 cm³/mol. The van der Waals surface area contributed by atoms with Crippen molar-refractivity contribution in [2.45, 2.75) is 5.38 Å². The summed E-state index contributed by atoms with van der Waals surface area (Å²) in [6, 6.07) is 0. The Morgan fingerprint density at radius 2 is 2.43 bits per heavy atom. The van der Waals surface area contributed by atoms with Gasteiger partial charge in [0, 0.05) is 20.1 Å². The summed E-state index contributed by atoms with van der Waals surface area (Å²) in [5, 5.41) is 3.78. The van der Waals surface area contributed by atoms with Gasteiger partial charge >= 0.3 is 0 Å². The molecule has 1 aromatic rings. The first-order valence-corrected chi connectivity index (χ1v) is 5.23. The number of aromatic nitrogens is 2. The van der Waals surface area contributed by atoms with E-state index in [1.165, 1.54) is 0 Å². The van der Waals surface area contributed by atoms with Gasteiger partial charge in [0.2, 0.25) is 5.28 Å². The number of imidazole rings is 1. The minimum absolute atomic E-state index is 0.0485. The van der Waals surface area contributed by atoms with Gasteiger partial charge in [0.05, 0.1) is 17.3 Å². The van der Waals surface area contributed by atoms with Crippen molar-refractivity contribution in [3.8, 4) is 0 Å². The summed E-state index contributed by atoms with van der Waals surface area (Å²) in [5.74, 6) is 0. The average molecular weight is 232 g/mol. The second-order valence-corrected chi connectivity index (χ2v) is 4.21.